The van der Waals surface area contributed by atoms with E-state index in [4.69, 9.17) is 9.88 Å². The largest absolute Gasteiger partial charge is 0.377 e. The maximum Gasteiger partial charge on any atom is 0.211 e. The van der Waals surface area contributed by atoms with Crippen molar-refractivity contribution >= 4 is 10.0 Å². The number of sulfonamides is 1. The molecule has 0 bridgehead atoms. The highest BCUT2D eigenvalue weighted by atomic mass is 32.2. The van der Waals surface area contributed by atoms with E-state index < -0.39 is 10.0 Å². The van der Waals surface area contributed by atoms with Crippen molar-refractivity contribution in [3.05, 3.63) is 0 Å². The maximum absolute atomic E-state index is 11.3. The molecule has 0 aromatic carbocycles. The lowest BCUT2D eigenvalue weighted by Crippen LogP contribution is -2.47. The molecular weight excluding hydrogens is 252 g/mol. The fourth-order valence-electron chi connectivity index (χ4n) is 3.52. The monoisotopic (exact) mass is 274 g/mol. The lowest BCUT2D eigenvalue weighted by atomic mass is 9.73. The molecule has 18 heavy (non-hydrogen) atoms. The third kappa shape index (κ3) is 2.57. The van der Waals surface area contributed by atoms with E-state index in [0.717, 1.165) is 38.4 Å². The summed E-state index contributed by atoms with van der Waals surface area (Å²) in [6, 6.07) is 0.807. The van der Waals surface area contributed by atoms with Gasteiger partial charge in [0, 0.05) is 18.1 Å². The van der Waals surface area contributed by atoms with Gasteiger partial charge in [0.15, 0.2) is 0 Å². The van der Waals surface area contributed by atoms with Crippen molar-refractivity contribution < 1.29 is 13.2 Å². The Morgan fingerprint density at radius 3 is 2.44 bits per heavy atom. The molecular formula is C12H22N2O3S. The Morgan fingerprint density at radius 2 is 1.89 bits per heavy atom. The number of rotatable bonds is 3. The van der Waals surface area contributed by atoms with Crippen LogP contribution in [-0.2, 0) is 14.8 Å². The van der Waals surface area contributed by atoms with Crippen LogP contribution in [0.15, 0.2) is 0 Å². The molecule has 0 radical (unpaired) electrons. The van der Waals surface area contributed by atoms with Crippen LogP contribution in [0.2, 0.25) is 0 Å². The average molecular weight is 274 g/mol. The van der Waals surface area contributed by atoms with Gasteiger partial charge in [-0.15, -0.1) is 0 Å². The van der Waals surface area contributed by atoms with E-state index in [0.29, 0.717) is 6.61 Å². The fraction of sp³-hybridized carbons (Fsp3) is 1.00. The first-order valence-electron chi connectivity index (χ1n) is 6.85. The predicted octanol–water partition coefficient (Wildman–Crippen LogP) is 0.308. The second-order valence-electron chi connectivity index (χ2n) is 6.07. The van der Waals surface area contributed by atoms with Crippen molar-refractivity contribution in [2.24, 2.45) is 10.6 Å². The molecule has 1 spiro atoms. The summed E-state index contributed by atoms with van der Waals surface area (Å²) in [5, 5.41) is 5.17. The number of piperidine rings is 1. The Hall–Kier alpha value is -0.170. The predicted molar refractivity (Wildman–Crippen MR) is 68.6 cm³/mol. The van der Waals surface area contributed by atoms with Gasteiger partial charge >= 0.3 is 0 Å². The fourth-order valence-corrected chi connectivity index (χ4v) is 4.40. The molecule has 2 N–H and O–H groups in total. The lowest BCUT2D eigenvalue weighted by molar-refractivity contribution is 0.0205. The Kier molecular flexibility index (Phi) is 3.17. The van der Waals surface area contributed by atoms with E-state index in [2.05, 4.69) is 4.90 Å². The highest BCUT2D eigenvalue weighted by Crippen LogP contribution is 2.46. The minimum Gasteiger partial charge on any atom is -0.377 e. The zero-order valence-corrected chi connectivity index (χ0v) is 11.5. The van der Waals surface area contributed by atoms with Crippen LogP contribution < -0.4 is 5.14 Å². The number of primary sulfonamides is 1. The van der Waals surface area contributed by atoms with Crippen LogP contribution >= 0.6 is 0 Å². The van der Waals surface area contributed by atoms with Gasteiger partial charge < -0.3 is 9.64 Å². The third-order valence-corrected chi connectivity index (χ3v) is 5.61. The van der Waals surface area contributed by atoms with Gasteiger partial charge in [0.2, 0.25) is 10.0 Å². The number of ether oxygens (including phenoxy) is 1. The number of nitrogens with zero attached hydrogens (tertiary/aromatic N) is 1. The molecule has 2 saturated heterocycles. The van der Waals surface area contributed by atoms with Gasteiger partial charge in [-0.1, -0.05) is 0 Å². The average Bonchev–Trinajstić information content (AvgIpc) is 3.06. The second kappa shape index (κ2) is 4.44. The van der Waals surface area contributed by atoms with Gasteiger partial charge in [-0.05, 0) is 45.2 Å². The van der Waals surface area contributed by atoms with Crippen molar-refractivity contribution in [3.8, 4) is 0 Å². The maximum atomic E-state index is 11.3. The van der Waals surface area contributed by atoms with Crippen molar-refractivity contribution in [3.63, 3.8) is 0 Å². The van der Waals surface area contributed by atoms with Gasteiger partial charge in [0.25, 0.3) is 0 Å². The third-order valence-electron chi connectivity index (χ3n) is 4.84. The molecule has 1 unspecified atom stereocenters. The van der Waals surface area contributed by atoms with Crippen molar-refractivity contribution in [1.82, 2.24) is 4.90 Å². The molecule has 0 amide bonds. The van der Waals surface area contributed by atoms with E-state index in [1.165, 1.54) is 12.8 Å². The molecule has 0 aromatic rings. The summed E-state index contributed by atoms with van der Waals surface area (Å²) in [5.41, 5.74) is 0.0673. The Bertz CT molecular complexity index is 411. The zero-order chi connectivity index (χ0) is 12.8. The number of nitrogens with two attached hydrogens (primary N) is 1. The summed E-state index contributed by atoms with van der Waals surface area (Å²) < 4.78 is 28.2. The minimum atomic E-state index is -3.44. The molecule has 1 atom stereocenters. The summed E-state index contributed by atoms with van der Waals surface area (Å²) in [6.45, 7) is 2.87. The molecule has 104 valence electrons. The number of hydrogen-bond acceptors (Lipinski definition) is 4. The quantitative estimate of drug-likeness (QED) is 0.804. The lowest BCUT2D eigenvalue weighted by Gasteiger charge is -2.42. The molecule has 3 fully saturated rings. The second-order valence-corrected chi connectivity index (χ2v) is 7.73. The van der Waals surface area contributed by atoms with E-state index in [1.54, 1.807) is 0 Å². The van der Waals surface area contributed by atoms with Crippen LogP contribution in [0.3, 0.4) is 0 Å². The molecule has 3 aliphatic rings. The highest BCUT2D eigenvalue weighted by molar-refractivity contribution is 7.89. The summed E-state index contributed by atoms with van der Waals surface area (Å²) in [4.78, 5) is 2.55. The molecule has 3 rings (SSSR count). The van der Waals surface area contributed by atoms with Gasteiger partial charge in [-0.2, -0.15) is 0 Å². The van der Waals surface area contributed by atoms with Crippen LogP contribution in [0.1, 0.15) is 32.1 Å². The Labute approximate surface area is 109 Å². The van der Waals surface area contributed by atoms with Crippen LogP contribution in [0, 0.1) is 5.41 Å². The number of hydrogen-bond donors (Lipinski definition) is 1. The van der Waals surface area contributed by atoms with Crippen LogP contribution in [0.4, 0.5) is 0 Å². The molecule has 1 aliphatic carbocycles. The van der Waals surface area contributed by atoms with Gasteiger partial charge in [0.05, 0.1) is 11.9 Å². The van der Waals surface area contributed by atoms with Crippen molar-refractivity contribution in [2.45, 2.75) is 44.2 Å². The van der Waals surface area contributed by atoms with Crippen LogP contribution in [0.25, 0.3) is 0 Å². The van der Waals surface area contributed by atoms with E-state index >= 15 is 0 Å². The molecule has 5 nitrogen and oxygen atoms in total. The SMILES string of the molecule is NS(=O)(=O)CC1OCCC12CCN(C1CC1)CC2. The summed E-state index contributed by atoms with van der Waals surface area (Å²) >= 11 is 0. The topological polar surface area (TPSA) is 72.6 Å². The van der Waals surface area contributed by atoms with Gasteiger partial charge in [0.1, 0.15) is 0 Å². The summed E-state index contributed by atoms with van der Waals surface area (Å²) in [5.74, 6) is -0.0174. The molecule has 0 aromatic heterocycles. The standard InChI is InChI=1S/C12H22N2O3S/c13-18(15,16)9-11-12(5-8-17-11)3-6-14(7-4-12)10-1-2-10/h10-11H,1-9H2,(H2,13,15,16). The van der Waals surface area contributed by atoms with Crippen molar-refractivity contribution in [1.29, 1.82) is 0 Å². The zero-order valence-electron chi connectivity index (χ0n) is 10.7. The minimum absolute atomic E-state index is 0.0174. The Balaban J connectivity index is 1.66. The molecule has 6 heteroatoms. The first-order valence-corrected chi connectivity index (χ1v) is 8.56. The highest BCUT2D eigenvalue weighted by Gasteiger charge is 2.48. The van der Waals surface area contributed by atoms with E-state index in [1.807, 2.05) is 0 Å². The molecule has 2 aliphatic heterocycles. The first-order chi connectivity index (χ1) is 8.49. The van der Waals surface area contributed by atoms with Gasteiger partial charge in [-0.3, -0.25) is 0 Å². The van der Waals surface area contributed by atoms with E-state index in [-0.39, 0.29) is 17.3 Å². The van der Waals surface area contributed by atoms with Crippen molar-refractivity contribution in [2.75, 3.05) is 25.4 Å². The molecule has 2 heterocycles. The van der Waals surface area contributed by atoms with Crippen LogP contribution in [-0.4, -0.2) is 50.9 Å². The smallest absolute Gasteiger partial charge is 0.211 e. The van der Waals surface area contributed by atoms with Crippen LogP contribution in [0.5, 0.6) is 0 Å². The molecule has 1 saturated carbocycles. The van der Waals surface area contributed by atoms with Gasteiger partial charge in [-0.25, -0.2) is 13.6 Å². The normalized spacial score (nSPS) is 33.1. The summed E-state index contributed by atoms with van der Waals surface area (Å²) in [7, 11) is -3.44. The first kappa shape index (κ1) is 12.8. The number of likely N-dealkylation sites (tertiary alicyclic amines) is 1. The Morgan fingerprint density at radius 1 is 1.22 bits per heavy atom. The summed E-state index contributed by atoms with van der Waals surface area (Å²) in [6.07, 6.45) is 5.60. The van der Waals surface area contributed by atoms with E-state index in [9.17, 15) is 8.42 Å².